The molecule has 9 aromatic carbocycles. The third-order valence-electron chi connectivity index (χ3n) is 11.8. The van der Waals surface area contributed by atoms with Crippen LogP contribution in [0.15, 0.2) is 186 Å². The van der Waals surface area contributed by atoms with Crippen LogP contribution in [0.5, 0.6) is 0 Å². The highest BCUT2D eigenvalue weighted by atomic mass is 32.1. The van der Waals surface area contributed by atoms with E-state index in [-0.39, 0.29) is 0 Å². The minimum Gasteiger partial charge on any atom is -0.456 e. The van der Waals surface area contributed by atoms with Crippen molar-refractivity contribution in [1.29, 1.82) is 0 Å². The molecule has 0 aliphatic rings. The monoisotopic (exact) mass is 770 g/mol. The summed E-state index contributed by atoms with van der Waals surface area (Å²) in [7, 11) is 0. The Hall–Kier alpha value is -7.67. The van der Waals surface area contributed by atoms with E-state index >= 15 is 0 Å². The first kappa shape index (κ1) is 32.4. The van der Waals surface area contributed by atoms with E-state index in [0.29, 0.717) is 17.5 Å². The number of aromatic nitrogens is 4. The maximum absolute atomic E-state index is 6.61. The minimum atomic E-state index is 0.585. The molecule has 59 heavy (non-hydrogen) atoms. The zero-order valence-electron chi connectivity index (χ0n) is 31.4. The first-order chi connectivity index (χ1) is 29.2. The fraction of sp³-hybridized carbons (Fsp3) is 0. The fourth-order valence-corrected chi connectivity index (χ4v) is 10.1. The van der Waals surface area contributed by atoms with Crippen LogP contribution in [0.4, 0.5) is 0 Å². The summed E-state index contributed by atoms with van der Waals surface area (Å²) >= 11 is 1.81. The third kappa shape index (κ3) is 4.94. The summed E-state index contributed by atoms with van der Waals surface area (Å²) < 4.78 is 11.5. The number of furan rings is 1. The van der Waals surface area contributed by atoms with Crippen LogP contribution in [0.3, 0.4) is 0 Å². The fourth-order valence-electron chi connectivity index (χ4n) is 9.06. The van der Waals surface area contributed by atoms with Gasteiger partial charge in [0.05, 0.1) is 22.1 Å². The molecular weight excluding hydrogens is 741 g/mol. The molecule has 0 aliphatic heterocycles. The normalized spacial score (nSPS) is 12.1. The smallest absolute Gasteiger partial charge is 0.166 e. The predicted molar refractivity (Wildman–Crippen MR) is 246 cm³/mol. The molecule has 0 amide bonds. The molecule has 0 spiro atoms. The highest BCUT2D eigenvalue weighted by Crippen LogP contribution is 2.44. The molecule has 13 rings (SSSR count). The maximum atomic E-state index is 6.61. The lowest BCUT2D eigenvalue weighted by Crippen LogP contribution is -2.04. The number of hydrogen-bond donors (Lipinski definition) is 0. The molecule has 0 radical (unpaired) electrons. The summed E-state index contributed by atoms with van der Waals surface area (Å²) in [4.78, 5) is 16.1. The molecule has 0 fully saturated rings. The number of benzene rings is 9. The second-order valence-electron chi connectivity index (χ2n) is 15.2. The van der Waals surface area contributed by atoms with Crippen molar-refractivity contribution in [1.82, 2.24) is 19.5 Å². The van der Waals surface area contributed by atoms with Gasteiger partial charge >= 0.3 is 0 Å². The Morgan fingerprint density at radius 3 is 1.86 bits per heavy atom. The number of hydrogen-bond acceptors (Lipinski definition) is 5. The number of para-hydroxylation sites is 2. The molecule has 13 aromatic rings. The van der Waals surface area contributed by atoms with E-state index in [1.54, 1.807) is 0 Å². The van der Waals surface area contributed by atoms with Gasteiger partial charge in [-0.3, -0.25) is 0 Å². The summed E-state index contributed by atoms with van der Waals surface area (Å²) in [6.45, 7) is 0. The lowest BCUT2D eigenvalue weighted by Gasteiger charge is -2.16. The summed E-state index contributed by atoms with van der Waals surface area (Å²) in [5.74, 6) is 1.82. The van der Waals surface area contributed by atoms with E-state index in [1.165, 1.54) is 47.1 Å². The van der Waals surface area contributed by atoms with Crippen LogP contribution in [0, 0.1) is 0 Å². The van der Waals surface area contributed by atoms with Crippen molar-refractivity contribution >= 4 is 96.8 Å². The van der Waals surface area contributed by atoms with Gasteiger partial charge in [0.15, 0.2) is 17.5 Å². The van der Waals surface area contributed by atoms with Crippen molar-refractivity contribution in [3.05, 3.63) is 182 Å². The second-order valence-corrected chi connectivity index (χ2v) is 16.3. The Morgan fingerprint density at radius 1 is 0.390 bits per heavy atom. The molecule has 4 heterocycles. The molecule has 0 atom stereocenters. The van der Waals surface area contributed by atoms with Crippen LogP contribution < -0.4 is 0 Å². The summed E-state index contributed by atoms with van der Waals surface area (Å²) in [6.07, 6.45) is 0. The second kappa shape index (κ2) is 12.4. The molecule has 0 N–H and O–H groups in total. The molecule has 4 aromatic heterocycles. The molecule has 5 nitrogen and oxygen atoms in total. The Bertz CT molecular complexity index is 3870. The largest absolute Gasteiger partial charge is 0.456 e. The van der Waals surface area contributed by atoms with Gasteiger partial charge < -0.3 is 8.98 Å². The van der Waals surface area contributed by atoms with E-state index < -0.39 is 0 Å². The van der Waals surface area contributed by atoms with E-state index in [4.69, 9.17) is 19.4 Å². The van der Waals surface area contributed by atoms with Crippen LogP contribution in [-0.4, -0.2) is 19.5 Å². The SMILES string of the molecule is c1ccc2cc(-c3nc(-c4ccc5sc6ccccc6c5c4)nc(-c4ccc5oc6ccccc6c5c4-n4c5ccccc5c5cc6ccccc6cc54)n3)ccc2c1. The van der Waals surface area contributed by atoms with Crippen molar-refractivity contribution < 1.29 is 4.42 Å². The Labute approximate surface area is 341 Å². The Kier molecular flexibility index (Phi) is 6.82. The average molecular weight is 771 g/mol. The zero-order valence-corrected chi connectivity index (χ0v) is 32.2. The number of rotatable bonds is 4. The lowest BCUT2D eigenvalue weighted by molar-refractivity contribution is 0.669. The lowest BCUT2D eigenvalue weighted by atomic mass is 10.0. The highest BCUT2D eigenvalue weighted by molar-refractivity contribution is 7.25. The first-order valence-electron chi connectivity index (χ1n) is 19.8. The van der Waals surface area contributed by atoms with Gasteiger partial charge in [0.1, 0.15) is 11.2 Å². The molecule has 0 saturated heterocycles. The topological polar surface area (TPSA) is 56.7 Å². The van der Waals surface area contributed by atoms with Crippen molar-refractivity contribution in [2.24, 2.45) is 0 Å². The molecule has 0 bridgehead atoms. The summed E-state index contributed by atoms with van der Waals surface area (Å²) in [5.41, 5.74) is 7.54. The first-order valence-corrected chi connectivity index (χ1v) is 20.6. The van der Waals surface area contributed by atoms with E-state index in [9.17, 15) is 0 Å². The van der Waals surface area contributed by atoms with Crippen molar-refractivity contribution in [2.45, 2.75) is 0 Å². The van der Waals surface area contributed by atoms with Crippen LogP contribution in [0.25, 0.3) is 125 Å². The van der Waals surface area contributed by atoms with Gasteiger partial charge in [-0.1, -0.05) is 115 Å². The van der Waals surface area contributed by atoms with Gasteiger partial charge in [0, 0.05) is 53.0 Å². The van der Waals surface area contributed by atoms with Crippen molar-refractivity contribution in [3.63, 3.8) is 0 Å². The van der Waals surface area contributed by atoms with Crippen molar-refractivity contribution in [3.8, 4) is 39.9 Å². The van der Waals surface area contributed by atoms with Crippen LogP contribution in [0.2, 0.25) is 0 Å². The van der Waals surface area contributed by atoms with Crippen LogP contribution >= 0.6 is 11.3 Å². The third-order valence-corrected chi connectivity index (χ3v) is 13.0. The predicted octanol–water partition coefficient (Wildman–Crippen LogP) is 14.5. The average Bonchev–Trinajstić information content (AvgIpc) is 3.97. The van der Waals surface area contributed by atoms with Gasteiger partial charge in [-0.25, -0.2) is 15.0 Å². The molecule has 6 heteroatoms. The van der Waals surface area contributed by atoms with Gasteiger partial charge in [-0.05, 0) is 88.3 Å². The standard InChI is InChI=1S/C53H30N4OS/c1-2-12-32-27-35(22-21-31(32)11-1)51-54-52(36-23-26-48-42(29-36)38-16-7-10-20-47(38)59-48)56-53(55-51)40-24-25-46-49(39-17-6-9-19-45(39)58-46)50(40)57-43-18-8-5-15-37(43)41-28-33-13-3-4-14-34(33)30-44(41)57/h1-30H. The van der Waals surface area contributed by atoms with Gasteiger partial charge in [0.2, 0.25) is 0 Å². The van der Waals surface area contributed by atoms with Gasteiger partial charge in [0.25, 0.3) is 0 Å². The highest BCUT2D eigenvalue weighted by Gasteiger charge is 2.25. The Morgan fingerprint density at radius 2 is 1.02 bits per heavy atom. The van der Waals surface area contributed by atoms with Crippen molar-refractivity contribution in [2.75, 3.05) is 0 Å². The number of nitrogens with zero attached hydrogens (tertiary/aromatic N) is 4. The van der Waals surface area contributed by atoms with E-state index in [2.05, 4.69) is 174 Å². The van der Waals surface area contributed by atoms with Crippen LogP contribution in [-0.2, 0) is 0 Å². The number of fused-ring (bicyclic) bond motifs is 11. The van der Waals surface area contributed by atoms with E-state index in [1.807, 2.05) is 23.5 Å². The molecule has 0 unspecified atom stereocenters. The molecule has 0 saturated carbocycles. The summed E-state index contributed by atoms with van der Waals surface area (Å²) in [5, 5.41) is 11.5. The summed E-state index contributed by atoms with van der Waals surface area (Å²) in [6, 6.07) is 64.4. The zero-order chi connectivity index (χ0) is 38.6. The quantitative estimate of drug-likeness (QED) is 0.179. The van der Waals surface area contributed by atoms with Crippen LogP contribution in [0.1, 0.15) is 0 Å². The molecule has 0 aliphatic carbocycles. The molecular formula is C53H30N4OS. The minimum absolute atomic E-state index is 0.585. The van der Waals surface area contributed by atoms with Gasteiger partial charge in [-0.2, -0.15) is 0 Å². The van der Waals surface area contributed by atoms with Gasteiger partial charge in [-0.15, -0.1) is 11.3 Å². The Balaban J connectivity index is 1.15. The molecule has 274 valence electrons. The number of thiophene rings is 1. The maximum Gasteiger partial charge on any atom is 0.166 e. The van der Waals surface area contributed by atoms with E-state index in [0.717, 1.165) is 60.7 Å².